The Morgan fingerprint density at radius 1 is 1.25 bits per heavy atom. The number of hydrogen-bond acceptors (Lipinski definition) is 4. The van der Waals surface area contributed by atoms with Gasteiger partial charge in [0.1, 0.15) is 10.8 Å². The molecule has 104 valence electrons. The molecule has 1 heterocycles. The molecular formula is C15H18N4S. The quantitative estimate of drug-likeness (QED) is 0.847. The first-order valence-electron chi connectivity index (χ1n) is 6.29. The van der Waals surface area contributed by atoms with Crippen molar-refractivity contribution in [3.63, 3.8) is 0 Å². The minimum atomic E-state index is 0.348. The van der Waals surface area contributed by atoms with Crippen LogP contribution in [0.2, 0.25) is 0 Å². The second-order valence-corrected chi connectivity index (χ2v) is 5.19. The molecule has 0 fully saturated rings. The molecule has 0 aliphatic rings. The van der Waals surface area contributed by atoms with Gasteiger partial charge in [-0.25, -0.2) is 4.98 Å². The number of rotatable bonds is 4. The van der Waals surface area contributed by atoms with Crippen LogP contribution in [0.4, 0.5) is 17.2 Å². The van der Waals surface area contributed by atoms with Crippen LogP contribution in [0.1, 0.15) is 11.1 Å². The molecule has 20 heavy (non-hydrogen) atoms. The summed E-state index contributed by atoms with van der Waals surface area (Å²) in [5, 5.41) is 3.32. The minimum absolute atomic E-state index is 0.348. The highest BCUT2D eigenvalue weighted by Gasteiger charge is 2.12. The number of nitrogens with one attached hydrogen (secondary N) is 1. The molecule has 0 radical (unpaired) electrons. The van der Waals surface area contributed by atoms with Crippen LogP contribution in [0.25, 0.3) is 0 Å². The summed E-state index contributed by atoms with van der Waals surface area (Å²) in [6.45, 7) is 1.97. The van der Waals surface area contributed by atoms with Crippen molar-refractivity contribution in [3.05, 3.63) is 47.7 Å². The highest BCUT2D eigenvalue weighted by atomic mass is 32.1. The number of hydrogen-bond donors (Lipinski definition) is 2. The maximum atomic E-state index is 5.81. The summed E-state index contributed by atoms with van der Waals surface area (Å²) in [6.07, 6.45) is 1.75. The van der Waals surface area contributed by atoms with Crippen molar-refractivity contribution in [3.8, 4) is 0 Å². The van der Waals surface area contributed by atoms with E-state index in [9.17, 15) is 0 Å². The average Bonchev–Trinajstić information content (AvgIpc) is 2.38. The number of benzene rings is 1. The molecule has 5 heteroatoms. The van der Waals surface area contributed by atoms with Crippen molar-refractivity contribution in [2.75, 3.05) is 24.3 Å². The van der Waals surface area contributed by atoms with Gasteiger partial charge in [-0.05, 0) is 30.7 Å². The number of aromatic nitrogens is 1. The molecule has 2 rings (SSSR count). The van der Waals surface area contributed by atoms with Crippen molar-refractivity contribution < 1.29 is 0 Å². The smallest absolute Gasteiger partial charge is 0.140 e. The minimum Gasteiger partial charge on any atom is -0.389 e. The van der Waals surface area contributed by atoms with Crippen LogP contribution < -0.4 is 16.0 Å². The van der Waals surface area contributed by atoms with Gasteiger partial charge in [-0.1, -0.05) is 24.4 Å². The van der Waals surface area contributed by atoms with E-state index < -0.39 is 0 Å². The van der Waals surface area contributed by atoms with Gasteiger partial charge in [0.15, 0.2) is 0 Å². The summed E-state index contributed by atoms with van der Waals surface area (Å²) in [5.41, 5.74) is 9.65. The predicted molar refractivity (Wildman–Crippen MR) is 88.9 cm³/mol. The Bertz CT molecular complexity index is 638. The number of nitrogens with zero attached hydrogens (tertiary/aromatic N) is 2. The van der Waals surface area contributed by atoms with E-state index >= 15 is 0 Å². The zero-order valence-corrected chi connectivity index (χ0v) is 12.7. The topological polar surface area (TPSA) is 54.2 Å². The summed E-state index contributed by atoms with van der Waals surface area (Å²) in [7, 11) is 4.00. The fourth-order valence-electron chi connectivity index (χ4n) is 2.06. The molecule has 1 aromatic carbocycles. The van der Waals surface area contributed by atoms with Gasteiger partial charge in [-0.15, -0.1) is 0 Å². The van der Waals surface area contributed by atoms with Crippen molar-refractivity contribution in [1.29, 1.82) is 0 Å². The Morgan fingerprint density at radius 3 is 2.60 bits per heavy atom. The number of nitrogens with two attached hydrogens (primary N) is 1. The third kappa shape index (κ3) is 2.88. The number of aryl methyl sites for hydroxylation is 1. The van der Waals surface area contributed by atoms with Crippen LogP contribution in [-0.2, 0) is 0 Å². The molecule has 0 bridgehead atoms. The first-order valence-corrected chi connectivity index (χ1v) is 6.70. The van der Waals surface area contributed by atoms with Gasteiger partial charge in [0.25, 0.3) is 0 Å². The maximum Gasteiger partial charge on any atom is 0.140 e. The molecule has 0 saturated carbocycles. The zero-order valence-electron chi connectivity index (χ0n) is 11.8. The van der Waals surface area contributed by atoms with E-state index in [1.165, 1.54) is 0 Å². The lowest BCUT2D eigenvalue weighted by molar-refractivity contribution is 1.13. The van der Waals surface area contributed by atoms with E-state index in [4.69, 9.17) is 18.0 Å². The molecule has 3 N–H and O–H groups in total. The number of thiocarbonyl (C=S) groups is 1. The van der Waals surface area contributed by atoms with Crippen molar-refractivity contribution in [2.24, 2.45) is 5.73 Å². The van der Waals surface area contributed by atoms with Crippen LogP contribution >= 0.6 is 12.2 Å². The summed E-state index contributed by atoms with van der Waals surface area (Å²) >= 11 is 5.13. The van der Waals surface area contributed by atoms with Crippen LogP contribution in [0, 0.1) is 6.92 Å². The molecule has 0 aliphatic heterocycles. The standard InChI is InChI=1S/C15H18N4S/c1-10-8-9-17-15(13(10)14(16)20)18-11-6-4-5-7-12(11)19(2)3/h4-9H,1-3H3,(H2,16,20)(H,17,18). The van der Waals surface area contributed by atoms with E-state index in [1.54, 1.807) is 6.20 Å². The lowest BCUT2D eigenvalue weighted by Gasteiger charge is -2.19. The number of anilines is 3. The first kappa shape index (κ1) is 14.3. The molecule has 0 unspecified atom stereocenters. The Labute approximate surface area is 124 Å². The number of para-hydroxylation sites is 2. The second-order valence-electron chi connectivity index (χ2n) is 4.75. The molecule has 0 amide bonds. The van der Waals surface area contributed by atoms with E-state index in [2.05, 4.69) is 10.3 Å². The Kier molecular flexibility index (Phi) is 4.20. The van der Waals surface area contributed by atoms with Gasteiger partial charge in [0.2, 0.25) is 0 Å². The van der Waals surface area contributed by atoms with Crippen LogP contribution in [0.5, 0.6) is 0 Å². The highest BCUT2D eigenvalue weighted by Crippen LogP contribution is 2.28. The van der Waals surface area contributed by atoms with Crippen LogP contribution in [0.15, 0.2) is 36.5 Å². The van der Waals surface area contributed by atoms with Crippen molar-refractivity contribution in [2.45, 2.75) is 6.92 Å². The third-order valence-electron chi connectivity index (χ3n) is 3.04. The largest absolute Gasteiger partial charge is 0.389 e. The average molecular weight is 286 g/mol. The summed E-state index contributed by atoms with van der Waals surface area (Å²) in [5.74, 6) is 0.687. The third-order valence-corrected chi connectivity index (χ3v) is 3.25. The van der Waals surface area contributed by atoms with Gasteiger partial charge in [-0.3, -0.25) is 0 Å². The van der Waals surface area contributed by atoms with Crippen LogP contribution in [0.3, 0.4) is 0 Å². The van der Waals surface area contributed by atoms with Gasteiger partial charge in [-0.2, -0.15) is 0 Å². The summed E-state index contributed by atoms with van der Waals surface area (Å²) < 4.78 is 0. The van der Waals surface area contributed by atoms with Gasteiger partial charge < -0.3 is 16.0 Å². The molecule has 0 saturated heterocycles. The molecule has 1 aromatic heterocycles. The number of pyridine rings is 1. The van der Waals surface area contributed by atoms with E-state index in [0.717, 1.165) is 22.5 Å². The Morgan fingerprint density at radius 2 is 1.95 bits per heavy atom. The molecule has 0 aliphatic carbocycles. The monoisotopic (exact) mass is 286 g/mol. The van der Waals surface area contributed by atoms with Crippen molar-refractivity contribution in [1.82, 2.24) is 4.98 Å². The lowest BCUT2D eigenvalue weighted by Crippen LogP contribution is -2.16. The van der Waals surface area contributed by atoms with Gasteiger partial charge >= 0.3 is 0 Å². The fraction of sp³-hybridized carbons (Fsp3) is 0.200. The maximum absolute atomic E-state index is 5.81. The SMILES string of the molecule is Cc1ccnc(Nc2ccccc2N(C)C)c1C(N)=S. The predicted octanol–water partition coefficient (Wildman–Crippen LogP) is 2.83. The van der Waals surface area contributed by atoms with E-state index in [-0.39, 0.29) is 0 Å². The molecule has 4 nitrogen and oxygen atoms in total. The first-order chi connectivity index (χ1) is 9.50. The van der Waals surface area contributed by atoms with Crippen LogP contribution in [-0.4, -0.2) is 24.1 Å². The van der Waals surface area contributed by atoms with E-state index in [1.807, 2.05) is 56.3 Å². The summed E-state index contributed by atoms with van der Waals surface area (Å²) in [4.78, 5) is 6.75. The fourth-order valence-corrected chi connectivity index (χ4v) is 2.32. The van der Waals surface area contributed by atoms with Gasteiger partial charge in [0, 0.05) is 20.3 Å². The lowest BCUT2D eigenvalue weighted by atomic mass is 10.1. The molecular weight excluding hydrogens is 268 g/mol. The molecule has 0 atom stereocenters. The van der Waals surface area contributed by atoms with Crippen molar-refractivity contribution >= 4 is 34.4 Å². The Hall–Kier alpha value is -2.14. The van der Waals surface area contributed by atoms with Gasteiger partial charge in [0.05, 0.1) is 16.9 Å². The summed E-state index contributed by atoms with van der Waals surface area (Å²) in [6, 6.07) is 9.92. The molecule has 2 aromatic rings. The second kappa shape index (κ2) is 5.88. The zero-order chi connectivity index (χ0) is 14.7. The molecule has 0 spiro atoms. The normalized spacial score (nSPS) is 10.2. The Balaban J connectivity index is 2.46. The van der Waals surface area contributed by atoms with E-state index in [0.29, 0.717) is 10.8 Å². The highest BCUT2D eigenvalue weighted by molar-refractivity contribution is 7.80.